The molecule has 0 atom stereocenters. The van der Waals surface area contributed by atoms with Crippen LogP contribution in [0.1, 0.15) is 25.7 Å². The number of aromatic nitrogens is 2. The van der Waals surface area contributed by atoms with Crippen molar-refractivity contribution in [3.8, 4) is 0 Å². The molecule has 7 heteroatoms. The van der Waals surface area contributed by atoms with Gasteiger partial charge in [0.15, 0.2) is 5.16 Å². The number of unbranched alkanes of at least 4 members (excludes halogenated alkanes) is 3. The van der Waals surface area contributed by atoms with Crippen molar-refractivity contribution in [3.63, 3.8) is 0 Å². The first-order valence-corrected chi connectivity index (χ1v) is 7.27. The highest BCUT2D eigenvalue weighted by Crippen LogP contribution is 2.16. The van der Waals surface area contributed by atoms with E-state index in [0.29, 0.717) is 11.0 Å². The number of thioether (sulfide) groups is 1. The molecule has 1 rings (SSSR count). The van der Waals surface area contributed by atoms with E-state index in [4.69, 9.17) is 10.9 Å². The molecular weight excluding hydrogens is 250 g/mol. The summed E-state index contributed by atoms with van der Waals surface area (Å²) in [6.07, 6.45) is 6.04. The number of aliphatic hydroxyl groups is 1. The van der Waals surface area contributed by atoms with Crippen LogP contribution >= 0.6 is 11.8 Å². The van der Waals surface area contributed by atoms with Crippen molar-refractivity contribution in [2.45, 2.75) is 30.8 Å². The first kappa shape index (κ1) is 15.0. The summed E-state index contributed by atoms with van der Waals surface area (Å²) in [5, 5.41) is 12.6. The maximum Gasteiger partial charge on any atom is 0.191 e. The maximum atomic E-state index is 8.66. The largest absolute Gasteiger partial charge is 0.396 e. The van der Waals surface area contributed by atoms with Crippen molar-refractivity contribution in [1.29, 1.82) is 0 Å². The van der Waals surface area contributed by atoms with Gasteiger partial charge >= 0.3 is 0 Å². The van der Waals surface area contributed by atoms with Gasteiger partial charge in [0.2, 0.25) is 0 Å². The van der Waals surface area contributed by atoms with Crippen LogP contribution in [-0.4, -0.2) is 34.5 Å². The van der Waals surface area contributed by atoms with Crippen LogP contribution in [0.3, 0.4) is 0 Å². The van der Waals surface area contributed by atoms with E-state index in [0.717, 1.165) is 38.0 Å². The van der Waals surface area contributed by atoms with Gasteiger partial charge < -0.3 is 15.8 Å². The molecule has 0 radical (unpaired) electrons. The van der Waals surface area contributed by atoms with Gasteiger partial charge in [0.05, 0.1) is 0 Å². The molecule has 1 aromatic rings. The lowest BCUT2D eigenvalue weighted by Crippen LogP contribution is -2.11. The summed E-state index contributed by atoms with van der Waals surface area (Å²) < 4.78 is 0. The lowest BCUT2D eigenvalue weighted by atomic mass is 10.2. The second-order valence-corrected chi connectivity index (χ2v) is 4.61. The van der Waals surface area contributed by atoms with Crippen LogP contribution in [0.5, 0.6) is 0 Å². The van der Waals surface area contributed by atoms with Crippen LogP contribution in [0, 0.1) is 0 Å². The van der Waals surface area contributed by atoms with Crippen molar-refractivity contribution in [2.75, 3.05) is 30.1 Å². The number of rotatable bonds is 9. The van der Waals surface area contributed by atoms with Crippen molar-refractivity contribution < 1.29 is 5.11 Å². The van der Waals surface area contributed by atoms with Gasteiger partial charge in [-0.05, 0) is 19.1 Å². The average Bonchev–Trinajstić information content (AvgIpc) is 2.42. The van der Waals surface area contributed by atoms with E-state index in [1.165, 1.54) is 11.8 Å². The highest BCUT2D eigenvalue weighted by Gasteiger charge is 2.02. The molecule has 0 bridgehead atoms. The Morgan fingerprint density at radius 3 is 2.61 bits per heavy atom. The highest BCUT2D eigenvalue weighted by atomic mass is 32.2. The Bertz CT molecular complexity index is 328. The van der Waals surface area contributed by atoms with Crippen molar-refractivity contribution in [3.05, 3.63) is 6.07 Å². The van der Waals surface area contributed by atoms with E-state index in [1.54, 1.807) is 6.07 Å². The minimum Gasteiger partial charge on any atom is -0.396 e. The van der Waals surface area contributed by atoms with Crippen LogP contribution in [0.15, 0.2) is 11.2 Å². The number of nitrogens with two attached hydrogens (primary N) is 1. The lowest BCUT2D eigenvalue weighted by Gasteiger charge is -2.08. The van der Waals surface area contributed by atoms with Gasteiger partial charge in [0.25, 0.3) is 0 Å². The molecule has 0 aromatic carbocycles. The van der Waals surface area contributed by atoms with Gasteiger partial charge in [-0.1, -0.05) is 24.6 Å². The number of hydrazine groups is 1. The number of hydrogen-bond donors (Lipinski definition) is 4. The van der Waals surface area contributed by atoms with E-state index in [-0.39, 0.29) is 6.61 Å². The van der Waals surface area contributed by atoms with E-state index in [1.807, 2.05) is 6.26 Å². The Morgan fingerprint density at radius 2 is 1.94 bits per heavy atom. The molecule has 0 unspecified atom stereocenters. The van der Waals surface area contributed by atoms with Crippen LogP contribution in [-0.2, 0) is 0 Å². The number of nitrogen functional groups attached to an aromatic ring is 1. The highest BCUT2D eigenvalue weighted by molar-refractivity contribution is 7.98. The minimum absolute atomic E-state index is 0.280. The van der Waals surface area contributed by atoms with E-state index in [9.17, 15) is 0 Å². The molecule has 0 fully saturated rings. The Balaban J connectivity index is 2.36. The van der Waals surface area contributed by atoms with Crippen LogP contribution in [0.2, 0.25) is 0 Å². The monoisotopic (exact) mass is 271 g/mol. The van der Waals surface area contributed by atoms with E-state index < -0.39 is 0 Å². The first-order chi connectivity index (χ1) is 8.80. The smallest absolute Gasteiger partial charge is 0.191 e. The molecule has 0 amide bonds. The molecule has 18 heavy (non-hydrogen) atoms. The van der Waals surface area contributed by atoms with Gasteiger partial charge in [0, 0.05) is 19.2 Å². The summed E-state index contributed by atoms with van der Waals surface area (Å²) in [4.78, 5) is 8.53. The summed E-state index contributed by atoms with van der Waals surface area (Å²) in [6.45, 7) is 1.14. The maximum absolute atomic E-state index is 8.66. The summed E-state index contributed by atoms with van der Waals surface area (Å²) in [5.74, 6) is 6.74. The molecule has 1 aromatic heterocycles. The molecule has 0 saturated heterocycles. The third-order valence-electron chi connectivity index (χ3n) is 2.43. The topological polar surface area (TPSA) is 96.1 Å². The predicted octanol–water partition coefficient (Wildman–Crippen LogP) is 1.45. The summed E-state index contributed by atoms with van der Waals surface area (Å²) in [6, 6.07) is 1.79. The fourth-order valence-electron chi connectivity index (χ4n) is 1.49. The van der Waals surface area contributed by atoms with Gasteiger partial charge in [-0.3, -0.25) is 0 Å². The SMILES string of the molecule is CSc1nc(NN)cc(NCCCCCCO)n1. The zero-order valence-electron chi connectivity index (χ0n) is 10.6. The third-order valence-corrected chi connectivity index (χ3v) is 2.97. The standard InChI is InChI=1S/C11H21N5OS/c1-18-11-14-9(8-10(15-11)16-12)13-6-4-2-3-5-7-17/h8,17H,2-7,12H2,1H3,(H2,13,14,15,16). The zero-order chi connectivity index (χ0) is 13.2. The third kappa shape index (κ3) is 5.52. The zero-order valence-corrected chi connectivity index (χ0v) is 11.5. The van der Waals surface area contributed by atoms with Crippen molar-refractivity contribution in [1.82, 2.24) is 9.97 Å². The minimum atomic E-state index is 0.280. The Labute approximate surface area is 112 Å². The predicted molar refractivity (Wildman–Crippen MR) is 75.7 cm³/mol. The molecule has 6 nitrogen and oxygen atoms in total. The van der Waals surface area contributed by atoms with Crippen molar-refractivity contribution in [2.24, 2.45) is 5.84 Å². The van der Waals surface area contributed by atoms with Crippen molar-refractivity contribution >= 4 is 23.4 Å². The molecule has 0 saturated carbocycles. The fraction of sp³-hybridized carbons (Fsp3) is 0.636. The molecule has 0 aliphatic carbocycles. The lowest BCUT2D eigenvalue weighted by molar-refractivity contribution is 0.283. The van der Waals surface area contributed by atoms with Crippen LogP contribution in [0.25, 0.3) is 0 Å². The quantitative estimate of drug-likeness (QED) is 0.177. The van der Waals surface area contributed by atoms with Crippen LogP contribution in [0.4, 0.5) is 11.6 Å². The van der Waals surface area contributed by atoms with E-state index in [2.05, 4.69) is 20.7 Å². The molecule has 1 heterocycles. The molecule has 0 aliphatic heterocycles. The number of aliphatic hydroxyl groups excluding tert-OH is 1. The molecular formula is C11H21N5OS. The summed E-state index contributed by atoms with van der Waals surface area (Å²) >= 11 is 1.48. The molecule has 102 valence electrons. The van der Waals surface area contributed by atoms with Gasteiger partial charge in [-0.25, -0.2) is 15.8 Å². The Hall–Kier alpha value is -1.05. The second-order valence-electron chi connectivity index (χ2n) is 3.83. The molecule has 5 N–H and O–H groups in total. The van der Waals surface area contributed by atoms with Gasteiger partial charge in [-0.2, -0.15) is 0 Å². The number of nitrogens with one attached hydrogen (secondary N) is 2. The Kier molecular flexibility index (Phi) is 7.47. The summed E-state index contributed by atoms with van der Waals surface area (Å²) in [5.41, 5.74) is 2.53. The summed E-state index contributed by atoms with van der Waals surface area (Å²) in [7, 11) is 0. The number of hydrogen-bond acceptors (Lipinski definition) is 7. The first-order valence-electron chi connectivity index (χ1n) is 6.04. The fourth-order valence-corrected chi connectivity index (χ4v) is 1.87. The van der Waals surface area contributed by atoms with Crippen LogP contribution < -0.4 is 16.6 Å². The molecule has 0 aliphatic rings. The van der Waals surface area contributed by atoms with Gasteiger partial charge in [0.1, 0.15) is 11.6 Å². The molecule has 0 spiro atoms. The number of nitrogens with zero attached hydrogens (tertiary/aromatic N) is 2. The average molecular weight is 271 g/mol. The number of anilines is 2. The van der Waals surface area contributed by atoms with E-state index >= 15 is 0 Å². The Morgan fingerprint density at radius 1 is 1.22 bits per heavy atom. The normalized spacial score (nSPS) is 10.4. The van der Waals surface area contributed by atoms with Gasteiger partial charge in [-0.15, -0.1) is 0 Å². The second kappa shape index (κ2) is 8.96.